The van der Waals surface area contributed by atoms with E-state index in [4.69, 9.17) is 0 Å². The van der Waals surface area contributed by atoms with Gasteiger partial charge in [-0.25, -0.2) is 4.98 Å². The predicted octanol–water partition coefficient (Wildman–Crippen LogP) is 0.292. The molecule has 1 amide bonds. The summed E-state index contributed by atoms with van der Waals surface area (Å²) in [6.07, 6.45) is 4.39. The van der Waals surface area contributed by atoms with E-state index >= 15 is 0 Å². The molecule has 0 radical (unpaired) electrons. The number of carbonyl (C=O) groups is 1. The molecule has 2 heterocycles. The monoisotopic (exact) mass is 254 g/mol. The minimum absolute atomic E-state index is 0.0696. The number of thioether (sulfide) groups is 1. The van der Waals surface area contributed by atoms with Crippen molar-refractivity contribution >= 4 is 17.7 Å². The largest absolute Gasteiger partial charge is 0.351 e. The molecule has 3 N–H and O–H groups in total. The number of imidazole rings is 1. The van der Waals surface area contributed by atoms with Crippen LogP contribution in [0.25, 0.3) is 0 Å². The van der Waals surface area contributed by atoms with Crippen LogP contribution in [0.2, 0.25) is 0 Å². The molecule has 0 saturated heterocycles. The second kappa shape index (κ2) is 5.55. The molecule has 0 fully saturated rings. The van der Waals surface area contributed by atoms with E-state index in [2.05, 4.69) is 20.6 Å². The van der Waals surface area contributed by atoms with Gasteiger partial charge in [-0.1, -0.05) is 0 Å². The molecule has 17 heavy (non-hydrogen) atoms. The maximum absolute atomic E-state index is 12.0. The van der Waals surface area contributed by atoms with Gasteiger partial charge in [-0.05, 0) is 13.2 Å². The molecule has 0 spiro atoms. The van der Waals surface area contributed by atoms with Crippen molar-refractivity contribution in [3.8, 4) is 0 Å². The number of nitrogens with one attached hydrogen (secondary N) is 3. The third-order valence-electron chi connectivity index (χ3n) is 2.85. The standard InChI is InChI=1S/C11H18N4OS/c1-7(5-17-2)15-11(16)9-3-8-10(4-12-9)14-6-13-8/h6-7,9,12H,3-5H2,1-2H3,(H,13,14)(H,15,16). The van der Waals surface area contributed by atoms with Crippen LogP contribution in [-0.2, 0) is 17.8 Å². The number of rotatable bonds is 4. The van der Waals surface area contributed by atoms with E-state index in [1.54, 1.807) is 18.1 Å². The van der Waals surface area contributed by atoms with E-state index in [0.29, 0.717) is 13.0 Å². The number of H-pyrrole nitrogens is 1. The molecule has 2 rings (SSSR count). The smallest absolute Gasteiger partial charge is 0.237 e. The zero-order valence-corrected chi connectivity index (χ0v) is 10.9. The van der Waals surface area contributed by atoms with Gasteiger partial charge in [0.2, 0.25) is 5.91 Å². The van der Waals surface area contributed by atoms with Gasteiger partial charge in [0.15, 0.2) is 0 Å². The Labute approximate surface area is 105 Å². The van der Waals surface area contributed by atoms with E-state index < -0.39 is 0 Å². The Kier molecular flexibility index (Phi) is 4.06. The summed E-state index contributed by atoms with van der Waals surface area (Å²) in [5.41, 5.74) is 2.09. The second-order valence-electron chi connectivity index (χ2n) is 4.33. The first kappa shape index (κ1) is 12.4. The Morgan fingerprint density at radius 1 is 1.76 bits per heavy atom. The number of fused-ring (bicyclic) bond motifs is 1. The van der Waals surface area contributed by atoms with Crippen molar-refractivity contribution < 1.29 is 4.79 Å². The quantitative estimate of drug-likeness (QED) is 0.722. The summed E-state index contributed by atoms with van der Waals surface area (Å²) in [7, 11) is 0. The molecular weight excluding hydrogens is 236 g/mol. The van der Waals surface area contributed by atoms with Gasteiger partial charge in [-0.2, -0.15) is 11.8 Å². The number of aromatic nitrogens is 2. The van der Waals surface area contributed by atoms with Gasteiger partial charge < -0.3 is 10.3 Å². The molecule has 1 aromatic rings. The summed E-state index contributed by atoms with van der Waals surface area (Å²) >= 11 is 1.74. The van der Waals surface area contributed by atoms with Gasteiger partial charge in [-0.15, -0.1) is 0 Å². The van der Waals surface area contributed by atoms with E-state index in [9.17, 15) is 4.79 Å². The third kappa shape index (κ3) is 3.01. The van der Waals surface area contributed by atoms with Crippen LogP contribution < -0.4 is 10.6 Å². The van der Waals surface area contributed by atoms with E-state index in [0.717, 1.165) is 17.1 Å². The van der Waals surface area contributed by atoms with Crippen molar-refractivity contribution in [2.75, 3.05) is 12.0 Å². The summed E-state index contributed by atoms with van der Waals surface area (Å²) in [5, 5.41) is 6.23. The Balaban J connectivity index is 1.90. The molecule has 2 atom stereocenters. The van der Waals surface area contributed by atoms with Gasteiger partial charge in [0, 0.05) is 24.8 Å². The SMILES string of the molecule is CSCC(C)NC(=O)C1Cc2nc[nH]c2CN1. The van der Waals surface area contributed by atoms with Gasteiger partial charge in [0.05, 0.1) is 23.8 Å². The summed E-state index contributed by atoms with van der Waals surface area (Å²) < 4.78 is 0. The minimum Gasteiger partial charge on any atom is -0.351 e. The average molecular weight is 254 g/mol. The predicted molar refractivity (Wildman–Crippen MR) is 68.9 cm³/mol. The number of aromatic amines is 1. The molecule has 1 aliphatic heterocycles. The van der Waals surface area contributed by atoms with Crippen LogP contribution in [0.1, 0.15) is 18.3 Å². The molecule has 6 heteroatoms. The normalized spacial score (nSPS) is 20.7. The summed E-state index contributed by atoms with van der Waals surface area (Å²) in [5.74, 6) is 1.01. The zero-order valence-electron chi connectivity index (χ0n) is 10.1. The fourth-order valence-corrected chi connectivity index (χ4v) is 2.57. The van der Waals surface area contributed by atoms with Gasteiger partial charge in [0.25, 0.3) is 0 Å². The highest BCUT2D eigenvalue weighted by molar-refractivity contribution is 7.98. The lowest BCUT2D eigenvalue weighted by Crippen LogP contribution is -2.50. The van der Waals surface area contributed by atoms with Crippen LogP contribution in [-0.4, -0.2) is 40.0 Å². The van der Waals surface area contributed by atoms with E-state index in [1.165, 1.54) is 0 Å². The Morgan fingerprint density at radius 2 is 2.59 bits per heavy atom. The maximum Gasteiger partial charge on any atom is 0.237 e. The van der Waals surface area contributed by atoms with Gasteiger partial charge >= 0.3 is 0 Å². The Hall–Kier alpha value is -1.01. The first-order valence-corrected chi connectivity index (χ1v) is 7.14. The highest BCUT2D eigenvalue weighted by Gasteiger charge is 2.26. The highest BCUT2D eigenvalue weighted by atomic mass is 32.2. The fourth-order valence-electron chi connectivity index (χ4n) is 1.99. The molecule has 2 unspecified atom stereocenters. The summed E-state index contributed by atoms with van der Waals surface area (Å²) in [6, 6.07) is 0.0509. The number of carbonyl (C=O) groups excluding carboxylic acids is 1. The number of hydrogen-bond acceptors (Lipinski definition) is 4. The van der Waals surface area contributed by atoms with Crippen molar-refractivity contribution in [2.45, 2.75) is 32.0 Å². The lowest BCUT2D eigenvalue weighted by molar-refractivity contribution is -0.123. The van der Waals surface area contributed by atoms with Gasteiger partial charge in [-0.3, -0.25) is 10.1 Å². The Morgan fingerprint density at radius 3 is 3.35 bits per heavy atom. The lowest BCUT2D eigenvalue weighted by Gasteiger charge is -2.24. The first-order chi connectivity index (χ1) is 8.20. The zero-order chi connectivity index (χ0) is 12.3. The molecule has 0 aromatic carbocycles. The van der Waals surface area contributed by atoms with Crippen LogP contribution in [0.15, 0.2) is 6.33 Å². The van der Waals surface area contributed by atoms with E-state index in [1.807, 2.05) is 13.2 Å². The van der Waals surface area contributed by atoms with Crippen molar-refractivity contribution in [2.24, 2.45) is 0 Å². The molecule has 1 aromatic heterocycles. The number of nitrogens with zero attached hydrogens (tertiary/aromatic N) is 1. The molecule has 0 aliphatic carbocycles. The van der Waals surface area contributed by atoms with Crippen molar-refractivity contribution in [1.82, 2.24) is 20.6 Å². The average Bonchev–Trinajstić information content (AvgIpc) is 2.75. The fraction of sp³-hybridized carbons (Fsp3) is 0.636. The Bertz CT molecular complexity index is 393. The third-order valence-corrected chi connectivity index (χ3v) is 3.69. The molecule has 0 saturated carbocycles. The first-order valence-electron chi connectivity index (χ1n) is 5.74. The topological polar surface area (TPSA) is 69.8 Å². The van der Waals surface area contributed by atoms with Crippen molar-refractivity contribution in [3.05, 3.63) is 17.7 Å². The molecule has 0 bridgehead atoms. The number of amides is 1. The number of hydrogen-bond donors (Lipinski definition) is 3. The molecule has 1 aliphatic rings. The van der Waals surface area contributed by atoms with E-state index in [-0.39, 0.29) is 18.0 Å². The van der Waals surface area contributed by atoms with Crippen LogP contribution in [0.5, 0.6) is 0 Å². The van der Waals surface area contributed by atoms with Crippen molar-refractivity contribution in [1.29, 1.82) is 0 Å². The second-order valence-corrected chi connectivity index (χ2v) is 5.24. The highest BCUT2D eigenvalue weighted by Crippen LogP contribution is 2.12. The minimum atomic E-state index is -0.157. The van der Waals surface area contributed by atoms with Crippen LogP contribution in [0, 0.1) is 0 Å². The maximum atomic E-state index is 12.0. The molecule has 94 valence electrons. The van der Waals surface area contributed by atoms with Crippen molar-refractivity contribution in [3.63, 3.8) is 0 Å². The van der Waals surface area contributed by atoms with Crippen LogP contribution in [0.4, 0.5) is 0 Å². The summed E-state index contributed by atoms with van der Waals surface area (Å²) in [6.45, 7) is 2.71. The van der Waals surface area contributed by atoms with Crippen LogP contribution in [0.3, 0.4) is 0 Å². The summed E-state index contributed by atoms with van der Waals surface area (Å²) in [4.78, 5) is 19.3. The molecular formula is C11H18N4OS. The lowest BCUT2D eigenvalue weighted by atomic mass is 10.0. The van der Waals surface area contributed by atoms with Crippen LogP contribution >= 0.6 is 11.8 Å². The van der Waals surface area contributed by atoms with Gasteiger partial charge in [0.1, 0.15) is 0 Å². The molecule has 5 nitrogen and oxygen atoms in total.